The molecule has 0 aromatic heterocycles. The Morgan fingerprint density at radius 2 is 2.18 bits per heavy atom. The van der Waals surface area contributed by atoms with Crippen molar-refractivity contribution in [2.75, 3.05) is 26.2 Å². The van der Waals surface area contributed by atoms with Crippen LogP contribution in [0.2, 0.25) is 0 Å². The molecule has 2 N–H and O–H groups in total. The maximum absolute atomic E-state index is 3.34. The molecule has 2 aliphatic rings. The highest BCUT2D eigenvalue weighted by Gasteiger charge is 2.22. The van der Waals surface area contributed by atoms with Crippen molar-refractivity contribution in [2.45, 2.75) is 13.0 Å². The molecule has 3 nitrogen and oxygen atoms in total. The molecule has 1 fully saturated rings. The van der Waals surface area contributed by atoms with Crippen molar-refractivity contribution in [1.82, 2.24) is 15.5 Å². The van der Waals surface area contributed by atoms with Crippen LogP contribution in [0.25, 0.3) is 0 Å². The van der Waals surface area contributed by atoms with Gasteiger partial charge in [-0.05, 0) is 6.92 Å². The van der Waals surface area contributed by atoms with Gasteiger partial charge >= 0.3 is 0 Å². The summed E-state index contributed by atoms with van der Waals surface area (Å²) in [4.78, 5) is 2.46. The minimum atomic E-state index is 0.577. The summed E-state index contributed by atoms with van der Waals surface area (Å²) in [7, 11) is 0. The molecule has 0 amide bonds. The zero-order valence-electron chi connectivity index (χ0n) is 6.93. The summed E-state index contributed by atoms with van der Waals surface area (Å²) >= 11 is 0. The smallest absolute Gasteiger partial charge is 0.0643 e. The van der Waals surface area contributed by atoms with Gasteiger partial charge in [-0.1, -0.05) is 0 Å². The van der Waals surface area contributed by atoms with Crippen molar-refractivity contribution in [3.8, 4) is 0 Å². The lowest BCUT2D eigenvalue weighted by Gasteiger charge is -2.39. The van der Waals surface area contributed by atoms with Crippen LogP contribution in [0.4, 0.5) is 0 Å². The van der Waals surface area contributed by atoms with E-state index in [2.05, 4.69) is 28.7 Å². The molecular weight excluding hydrogens is 138 g/mol. The fourth-order valence-corrected chi connectivity index (χ4v) is 1.61. The molecule has 0 bridgehead atoms. The topological polar surface area (TPSA) is 27.3 Å². The van der Waals surface area contributed by atoms with Crippen LogP contribution in [-0.2, 0) is 0 Å². The second-order valence-corrected chi connectivity index (χ2v) is 3.19. The molecule has 0 aromatic carbocycles. The zero-order valence-corrected chi connectivity index (χ0v) is 6.93. The van der Waals surface area contributed by atoms with Gasteiger partial charge in [0, 0.05) is 32.4 Å². The Labute approximate surface area is 67.5 Å². The van der Waals surface area contributed by atoms with Gasteiger partial charge in [-0.2, -0.15) is 0 Å². The lowest BCUT2D eigenvalue weighted by molar-refractivity contribution is 0.263. The fraction of sp³-hybridized carbons (Fsp3) is 0.750. The van der Waals surface area contributed by atoms with E-state index in [0.717, 1.165) is 26.2 Å². The number of nitrogens with zero attached hydrogens (tertiary/aromatic N) is 1. The van der Waals surface area contributed by atoms with Crippen LogP contribution < -0.4 is 10.6 Å². The maximum Gasteiger partial charge on any atom is 0.0643 e. The summed E-state index contributed by atoms with van der Waals surface area (Å²) in [5, 5.41) is 6.57. The van der Waals surface area contributed by atoms with Crippen LogP contribution in [0.5, 0.6) is 0 Å². The normalized spacial score (nSPS) is 30.5. The average Bonchev–Trinajstić information content (AvgIpc) is 2.04. The second kappa shape index (κ2) is 2.74. The summed E-state index contributed by atoms with van der Waals surface area (Å²) < 4.78 is 0. The quantitative estimate of drug-likeness (QED) is 0.543. The molecule has 0 aromatic rings. The van der Waals surface area contributed by atoms with Crippen molar-refractivity contribution < 1.29 is 0 Å². The largest absolute Gasteiger partial charge is 0.381 e. The Kier molecular flexibility index (Phi) is 1.74. The molecule has 2 rings (SSSR count). The summed E-state index contributed by atoms with van der Waals surface area (Å²) in [5.41, 5.74) is 1.48. The first-order valence-electron chi connectivity index (χ1n) is 4.30. The van der Waals surface area contributed by atoms with Crippen LogP contribution in [0, 0.1) is 0 Å². The Balaban J connectivity index is 1.93. The fourth-order valence-electron chi connectivity index (χ4n) is 1.61. The lowest BCUT2D eigenvalue weighted by atomic mass is 10.1. The van der Waals surface area contributed by atoms with E-state index < -0.39 is 0 Å². The zero-order chi connectivity index (χ0) is 7.68. The predicted octanol–water partition coefficient (Wildman–Crippen LogP) is -0.275. The molecule has 0 aliphatic carbocycles. The Morgan fingerprint density at radius 1 is 1.45 bits per heavy atom. The van der Waals surface area contributed by atoms with E-state index in [4.69, 9.17) is 0 Å². The van der Waals surface area contributed by atoms with Gasteiger partial charge in [-0.25, -0.2) is 0 Å². The number of piperazine rings is 1. The third-order valence-corrected chi connectivity index (χ3v) is 2.41. The van der Waals surface area contributed by atoms with Crippen molar-refractivity contribution in [1.29, 1.82) is 0 Å². The van der Waals surface area contributed by atoms with Crippen LogP contribution in [0.3, 0.4) is 0 Å². The molecule has 2 aliphatic heterocycles. The van der Waals surface area contributed by atoms with Gasteiger partial charge in [0.2, 0.25) is 0 Å². The highest BCUT2D eigenvalue weighted by atomic mass is 15.2. The van der Waals surface area contributed by atoms with E-state index in [9.17, 15) is 0 Å². The SMILES string of the molecule is C[C@H]1NC=C1N1CCNCC1. The summed E-state index contributed by atoms with van der Waals surface area (Å²) in [6.07, 6.45) is 2.12. The number of nitrogens with one attached hydrogen (secondary N) is 2. The minimum Gasteiger partial charge on any atom is -0.381 e. The molecule has 0 saturated carbocycles. The molecule has 0 spiro atoms. The molecule has 0 radical (unpaired) electrons. The summed E-state index contributed by atoms with van der Waals surface area (Å²) in [6.45, 7) is 6.79. The van der Waals surface area contributed by atoms with E-state index in [0.29, 0.717) is 6.04 Å². The second-order valence-electron chi connectivity index (χ2n) is 3.19. The average molecular weight is 153 g/mol. The van der Waals surface area contributed by atoms with Crippen molar-refractivity contribution in [3.05, 3.63) is 11.9 Å². The van der Waals surface area contributed by atoms with E-state index in [1.807, 2.05) is 0 Å². The number of hydrogen-bond donors (Lipinski definition) is 2. The maximum atomic E-state index is 3.34. The van der Waals surface area contributed by atoms with Crippen molar-refractivity contribution in [3.63, 3.8) is 0 Å². The monoisotopic (exact) mass is 153 g/mol. The van der Waals surface area contributed by atoms with E-state index in [-0.39, 0.29) is 0 Å². The van der Waals surface area contributed by atoms with Gasteiger partial charge in [0.15, 0.2) is 0 Å². The van der Waals surface area contributed by atoms with Gasteiger partial charge in [0.25, 0.3) is 0 Å². The van der Waals surface area contributed by atoms with Gasteiger partial charge in [-0.3, -0.25) is 0 Å². The first-order valence-corrected chi connectivity index (χ1v) is 4.30. The number of rotatable bonds is 1. The Bertz CT molecular complexity index is 170. The molecular formula is C8H15N3. The van der Waals surface area contributed by atoms with Gasteiger partial charge in [0.1, 0.15) is 0 Å². The molecule has 0 unspecified atom stereocenters. The third kappa shape index (κ3) is 1.20. The van der Waals surface area contributed by atoms with Gasteiger partial charge < -0.3 is 15.5 Å². The standard InChI is InChI=1S/C8H15N3/c1-7-8(6-10-7)11-4-2-9-3-5-11/h6-7,9-10H,2-5H2,1H3/t7-/m1/s1. The van der Waals surface area contributed by atoms with E-state index in [1.165, 1.54) is 5.70 Å². The highest BCUT2D eigenvalue weighted by Crippen LogP contribution is 2.15. The molecule has 11 heavy (non-hydrogen) atoms. The van der Waals surface area contributed by atoms with Gasteiger partial charge in [-0.15, -0.1) is 0 Å². The van der Waals surface area contributed by atoms with Crippen LogP contribution in [-0.4, -0.2) is 37.1 Å². The van der Waals surface area contributed by atoms with Crippen molar-refractivity contribution >= 4 is 0 Å². The van der Waals surface area contributed by atoms with Crippen LogP contribution in [0.15, 0.2) is 11.9 Å². The highest BCUT2D eigenvalue weighted by molar-refractivity contribution is 5.18. The lowest BCUT2D eigenvalue weighted by Crippen LogP contribution is -2.50. The first kappa shape index (κ1) is 6.98. The molecule has 62 valence electrons. The Morgan fingerprint density at radius 3 is 2.64 bits per heavy atom. The minimum absolute atomic E-state index is 0.577. The van der Waals surface area contributed by atoms with Gasteiger partial charge in [0.05, 0.1) is 11.7 Å². The number of hydrogen-bond acceptors (Lipinski definition) is 3. The van der Waals surface area contributed by atoms with E-state index in [1.54, 1.807) is 0 Å². The molecule has 1 atom stereocenters. The molecule has 1 saturated heterocycles. The van der Waals surface area contributed by atoms with Crippen LogP contribution in [0.1, 0.15) is 6.92 Å². The first-order chi connectivity index (χ1) is 5.38. The Hall–Kier alpha value is -0.700. The van der Waals surface area contributed by atoms with Crippen LogP contribution >= 0.6 is 0 Å². The molecule has 2 heterocycles. The molecule has 3 heteroatoms. The van der Waals surface area contributed by atoms with Crippen molar-refractivity contribution in [2.24, 2.45) is 0 Å². The third-order valence-electron chi connectivity index (χ3n) is 2.41. The van der Waals surface area contributed by atoms with E-state index >= 15 is 0 Å². The summed E-state index contributed by atoms with van der Waals surface area (Å²) in [6, 6.07) is 0.577. The summed E-state index contributed by atoms with van der Waals surface area (Å²) in [5.74, 6) is 0. The predicted molar refractivity (Wildman–Crippen MR) is 45.1 cm³/mol.